The molecule has 1 atom stereocenters. The van der Waals surface area contributed by atoms with Crippen molar-refractivity contribution in [1.82, 2.24) is 9.78 Å². The summed E-state index contributed by atoms with van der Waals surface area (Å²) >= 11 is 0. The Morgan fingerprint density at radius 2 is 2.73 bits per heavy atom. The van der Waals surface area contributed by atoms with Crippen molar-refractivity contribution in [2.75, 3.05) is 13.2 Å². The van der Waals surface area contributed by atoms with Crippen molar-refractivity contribution in [2.45, 2.75) is 6.10 Å². The molecule has 1 aromatic rings. The highest BCUT2D eigenvalue weighted by Crippen LogP contribution is 2.12. The molecule has 0 saturated carbocycles. The maximum atomic E-state index is 5.34. The molecule has 0 radical (unpaired) electrons. The molecule has 4 nitrogen and oxygen atoms in total. The molecular weight excluding hydrogens is 144 g/mol. The van der Waals surface area contributed by atoms with E-state index in [1.807, 2.05) is 13.2 Å². The first kappa shape index (κ1) is 6.67. The summed E-state index contributed by atoms with van der Waals surface area (Å²) in [4.78, 5) is 0. The zero-order valence-electron chi connectivity index (χ0n) is 6.36. The van der Waals surface area contributed by atoms with Crippen LogP contribution in [0.1, 0.15) is 0 Å². The molecule has 4 heteroatoms. The predicted octanol–water partition coefficient (Wildman–Crippen LogP) is 0.198. The average molecular weight is 154 g/mol. The third kappa shape index (κ3) is 1.71. The van der Waals surface area contributed by atoms with Crippen molar-refractivity contribution in [3.8, 4) is 5.75 Å². The summed E-state index contributed by atoms with van der Waals surface area (Å²) in [7, 11) is 1.86. The minimum absolute atomic E-state index is 0.315. The van der Waals surface area contributed by atoms with Gasteiger partial charge in [-0.05, 0) is 0 Å². The van der Waals surface area contributed by atoms with Crippen LogP contribution in [0.25, 0.3) is 0 Å². The normalized spacial score (nSPS) is 21.7. The van der Waals surface area contributed by atoms with Gasteiger partial charge in [0.1, 0.15) is 12.7 Å². The molecule has 11 heavy (non-hydrogen) atoms. The van der Waals surface area contributed by atoms with Gasteiger partial charge in [0.15, 0.2) is 5.75 Å². The summed E-state index contributed by atoms with van der Waals surface area (Å²) in [5.41, 5.74) is 0. The molecule has 1 aliphatic rings. The van der Waals surface area contributed by atoms with Gasteiger partial charge in [0.2, 0.25) is 0 Å². The summed E-state index contributed by atoms with van der Waals surface area (Å²) in [5.74, 6) is 0.808. The SMILES string of the molecule is Cn1cc(OCC2CO2)cn1. The minimum atomic E-state index is 0.315. The highest BCUT2D eigenvalue weighted by Gasteiger charge is 2.23. The van der Waals surface area contributed by atoms with Gasteiger partial charge in [0.05, 0.1) is 19.0 Å². The van der Waals surface area contributed by atoms with Crippen LogP contribution < -0.4 is 4.74 Å². The van der Waals surface area contributed by atoms with Gasteiger partial charge in [0.25, 0.3) is 0 Å². The molecule has 0 spiro atoms. The maximum absolute atomic E-state index is 5.34. The van der Waals surface area contributed by atoms with Gasteiger partial charge in [-0.1, -0.05) is 0 Å². The van der Waals surface area contributed by atoms with E-state index in [4.69, 9.17) is 9.47 Å². The zero-order chi connectivity index (χ0) is 7.68. The van der Waals surface area contributed by atoms with Crippen LogP contribution in [0.5, 0.6) is 5.75 Å². The Morgan fingerprint density at radius 1 is 1.91 bits per heavy atom. The van der Waals surface area contributed by atoms with E-state index in [1.54, 1.807) is 10.9 Å². The molecule has 0 amide bonds. The second-order valence-electron chi connectivity index (χ2n) is 2.62. The topological polar surface area (TPSA) is 39.6 Å². The molecule has 1 fully saturated rings. The number of aromatic nitrogens is 2. The number of rotatable bonds is 3. The van der Waals surface area contributed by atoms with Crippen LogP contribution in [0.4, 0.5) is 0 Å². The summed E-state index contributed by atoms with van der Waals surface area (Å²) < 4.78 is 12.0. The molecule has 2 rings (SSSR count). The number of hydrogen-bond donors (Lipinski definition) is 0. The molecule has 1 aromatic heterocycles. The van der Waals surface area contributed by atoms with Gasteiger partial charge in [-0.2, -0.15) is 5.10 Å². The highest BCUT2D eigenvalue weighted by molar-refractivity contribution is 5.11. The summed E-state index contributed by atoms with van der Waals surface area (Å²) in [6, 6.07) is 0. The molecule has 60 valence electrons. The van der Waals surface area contributed by atoms with Crippen LogP contribution in [-0.2, 0) is 11.8 Å². The van der Waals surface area contributed by atoms with E-state index in [0.29, 0.717) is 12.7 Å². The van der Waals surface area contributed by atoms with Crippen molar-refractivity contribution in [2.24, 2.45) is 7.05 Å². The van der Waals surface area contributed by atoms with Gasteiger partial charge in [0, 0.05) is 7.05 Å². The lowest BCUT2D eigenvalue weighted by Gasteiger charge is -1.97. The first-order chi connectivity index (χ1) is 5.34. The van der Waals surface area contributed by atoms with Gasteiger partial charge in [-0.15, -0.1) is 0 Å². The number of aryl methyl sites for hydroxylation is 1. The van der Waals surface area contributed by atoms with E-state index in [9.17, 15) is 0 Å². The van der Waals surface area contributed by atoms with Gasteiger partial charge in [-0.25, -0.2) is 0 Å². The fourth-order valence-electron chi connectivity index (χ4n) is 0.827. The van der Waals surface area contributed by atoms with Crippen LogP contribution in [0.3, 0.4) is 0 Å². The summed E-state index contributed by atoms with van der Waals surface area (Å²) in [5, 5.41) is 3.97. The standard InChI is InChI=1S/C7H10N2O2/c1-9-3-6(2-8-9)10-4-7-5-11-7/h2-3,7H,4-5H2,1H3. The average Bonchev–Trinajstić information content (AvgIpc) is 2.72. The first-order valence-electron chi connectivity index (χ1n) is 3.57. The lowest BCUT2D eigenvalue weighted by molar-refractivity contribution is 0.263. The Balaban J connectivity index is 1.85. The van der Waals surface area contributed by atoms with Crippen LogP contribution in [0.2, 0.25) is 0 Å². The summed E-state index contributed by atoms with van der Waals surface area (Å²) in [6.45, 7) is 1.48. The quantitative estimate of drug-likeness (QED) is 0.584. The smallest absolute Gasteiger partial charge is 0.157 e. The fraction of sp³-hybridized carbons (Fsp3) is 0.571. The number of epoxide rings is 1. The molecule has 0 bridgehead atoms. The molecule has 2 heterocycles. The zero-order valence-corrected chi connectivity index (χ0v) is 6.36. The van der Waals surface area contributed by atoms with Crippen molar-refractivity contribution >= 4 is 0 Å². The number of nitrogens with zero attached hydrogens (tertiary/aromatic N) is 2. The Morgan fingerprint density at radius 3 is 3.27 bits per heavy atom. The fourth-order valence-corrected chi connectivity index (χ4v) is 0.827. The highest BCUT2D eigenvalue weighted by atomic mass is 16.6. The van der Waals surface area contributed by atoms with E-state index >= 15 is 0 Å². The molecule has 1 aliphatic heterocycles. The molecular formula is C7H10N2O2. The van der Waals surface area contributed by atoms with Crippen LogP contribution >= 0.6 is 0 Å². The largest absolute Gasteiger partial charge is 0.487 e. The predicted molar refractivity (Wildman–Crippen MR) is 38.4 cm³/mol. The van der Waals surface area contributed by atoms with E-state index in [1.165, 1.54) is 0 Å². The third-order valence-corrected chi connectivity index (χ3v) is 1.52. The Labute approximate surface area is 64.7 Å². The molecule has 1 saturated heterocycles. The van der Waals surface area contributed by atoms with E-state index < -0.39 is 0 Å². The lowest BCUT2D eigenvalue weighted by atomic mass is 10.5. The van der Waals surface area contributed by atoms with Crippen LogP contribution in [0.15, 0.2) is 12.4 Å². The molecule has 1 unspecified atom stereocenters. The van der Waals surface area contributed by atoms with E-state index in [0.717, 1.165) is 12.4 Å². The second kappa shape index (κ2) is 2.54. The third-order valence-electron chi connectivity index (χ3n) is 1.52. The van der Waals surface area contributed by atoms with Gasteiger partial charge < -0.3 is 9.47 Å². The molecule has 0 aromatic carbocycles. The number of hydrogen-bond acceptors (Lipinski definition) is 3. The van der Waals surface area contributed by atoms with Gasteiger partial charge >= 0.3 is 0 Å². The van der Waals surface area contributed by atoms with Crippen molar-refractivity contribution < 1.29 is 9.47 Å². The maximum Gasteiger partial charge on any atom is 0.157 e. The Bertz CT molecular complexity index is 242. The lowest BCUT2D eigenvalue weighted by Crippen LogP contribution is -2.03. The van der Waals surface area contributed by atoms with E-state index in [2.05, 4.69) is 5.10 Å². The molecule has 0 aliphatic carbocycles. The Kier molecular flexibility index (Phi) is 1.54. The van der Waals surface area contributed by atoms with Crippen molar-refractivity contribution in [1.29, 1.82) is 0 Å². The van der Waals surface area contributed by atoms with Crippen molar-refractivity contribution in [3.05, 3.63) is 12.4 Å². The number of ether oxygens (including phenoxy) is 2. The van der Waals surface area contributed by atoms with E-state index in [-0.39, 0.29) is 0 Å². The van der Waals surface area contributed by atoms with Gasteiger partial charge in [-0.3, -0.25) is 4.68 Å². The monoisotopic (exact) mass is 154 g/mol. The first-order valence-corrected chi connectivity index (χ1v) is 3.57. The van der Waals surface area contributed by atoms with Crippen LogP contribution in [0, 0.1) is 0 Å². The van der Waals surface area contributed by atoms with Crippen LogP contribution in [-0.4, -0.2) is 29.1 Å². The summed E-state index contributed by atoms with van der Waals surface area (Å²) in [6.07, 6.45) is 3.85. The van der Waals surface area contributed by atoms with Crippen molar-refractivity contribution in [3.63, 3.8) is 0 Å². The molecule has 0 N–H and O–H groups in total. The second-order valence-corrected chi connectivity index (χ2v) is 2.62. The Hall–Kier alpha value is -1.03. The minimum Gasteiger partial charge on any atom is -0.487 e.